The quantitative estimate of drug-likeness (QED) is 0.466. The van der Waals surface area contributed by atoms with Crippen molar-refractivity contribution in [1.82, 2.24) is 0 Å². The second-order valence-electron chi connectivity index (χ2n) is 4.92. The number of carbonyl (C=O) groups excluding carboxylic acids is 1. The number of halogens is 2. The van der Waals surface area contributed by atoms with Crippen molar-refractivity contribution in [2.75, 3.05) is 0 Å². The number of thiophene rings is 1. The molecule has 0 amide bonds. The molecule has 3 rings (SSSR count). The summed E-state index contributed by atoms with van der Waals surface area (Å²) in [7, 11) is 0. The molecule has 3 aromatic rings. The second-order valence-corrected chi connectivity index (χ2v) is 7.47. The Kier molecular flexibility index (Phi) is 4.26. The molecular formula is C17H12BrClO2S. The Morgan fingerprint density at radius 2 is 1.91 bits per heavy atom. The number of aryl methyl sites for hydroxylation is 1. The van der Waals surface area contributed by atoms with Crippen LogP contribution in [0.2, 0.25) is 5.02 Å². The van der Waals surface area contributed by atoms with Gasteiger partial charge in [-0.2, -0.15) is 0 Å². The van der Waals surface area contributed by atoms with E-state index in [-0.39, 0.29) is 5.78 Å². The summed E-state index contributed by atoms with van der Waals surface area (Å²) in [6, 6.07) is 11.1. The predicted molar refractivity (Wildman–Crippen MR) is 95.8 cm³/mol. The predicted octanol–water partition coefficient (Wildman–Crippen LogP) is 6.62. The normalized spacial score (nSPS) is 10.9. The van der Waals surface area contributed by atoms with Gasteiger partial charge in [-0.1, -0.05) is 11.6 Å². The van der Waals surface area contributed by atoms with Crippen molar-refractivity contribution in [3.8, 4) is 11.5 Å². The smallest absolute Gasteiger partial charge is 0.161 e. The molecule has 112 valence electrons. The lowest BCUT2D eigenvalue weighted by Crippen LogP contribution is -1.92. The van der Waals surface area contributed by atoms with Crippen molar-refractivity contribution in [3.63, 3.8) is 0 Å². The summed E-state index contributed by atoms with van der Waals surface area (Å²) in [6.45, 7) is 3.56. The number of ether oxygens (including phenoxy) is 1. The van der Waals surface area contributed by atoms with E-state index >= 15 is 0 Å². The zero-order valence-electron chi connectivity index (χ0n) is 11.9. The number of Topliss-reactive ketones (excluding diaryl/α,β-unsaturated/α-hetero) is 1. The van der Waals surface area contributed by atoms with Gasteiger partial charge in [0.1, 0.15) is 11.5 Å². The first-order chi connectivity index (χ1) is 10.5. The molecule has 0 aliphatic carbocycles. The average molecular weight is 396 g/mol. The number of fused-ring (bicyclic) bond motifs is 1. The maximum absolute atomic E-state index is 11.9. The van der Waals surface area contributed by atoms with E-state index in [1.54, 1.807) is 30.4 Å². The summed E-state index contributed by atoms with van der Waals surface area (Å²) in [4.78, 5) is 12.9. The molecule has 0 saturated heterocycles. The van der Waals surface area contributed by atoms with Gasteiger partial charge in [0, 0.05) is 25.5 Å². The van der Waals surface area contributed by atoms with Crippen LogP contribution < -0.4 is 4.74 Å². The van der Waals surface area contributed by atoms with Gasteiger partial charge in [-0.3, -0.25) is 4.79 Å². The largest absolute Gasteiger partial charge is 0.456 e. The van der Waals surface area contributed by atoms with Crippen molar-refractivity contribution < 1.29 is 9.53 Å². The van der Waals surface area contributed by atoms with E-state index in [0.29, 0.717) is 16.5 Å². The first-order valence-corrected chi connectivity index (χ1v) is 8.61. The molecule has 0 bridgehead atoms. The minimum Gasteiger partial charge on any atom is -0.456 e. The molecule has 0 spiro atoms. The van der Waals surface area contributed by atoms with E-state index in [1.807, 2.05) is 31.2 Å². The first-order valence-electron chi connectivity index (χ1n) is 6.62. The molecule has 5 heteroatoms. The Balaban J connectivity index is 2.09. The summed E-state index contributed by atoms with van der Waals surface area (Å²) in [5, 5.41) is 1.59. The minimum atomic E-state index is 0.0727. The lowest BCUT2D eigenvalue weighted by atomic mass is 10.1. The van der Waals surface area contributed by atoms with Gasteiger partial charge in [-0.15, -0.1) is 11.3 Å². The van der Waals surface area contributed by atoms with Crippen molar-refractivity contribution >= 4 is 54.7 Å². The molecule has 1 heterocycles. The Bertz CT molecular complexity index is 868. The molecule has 1 aromatic heterocycles. The maximum Gasteiger partial charge on any atom is 0.161 e. The van der Waals surface area contributed by atoms with Crippen molar-refractivity contribution in [1.29, 1.82) is 0 Å². The van der Waals surface area contributed by atoms with E-state index in [4.69, 9.17) is 16.3 Å². The monoisotopic (exact) mass is 394 g/mol. The summed E-state index contributed by atoms with van der Waals surface area (Å²) < 4.78 is 7.82. The van der Waals surface area contributed by atoms with Crippen LogP contribution in [0.15, 0.2) is 40.9 Å². The van der Waals surface area contributed by atoms with Crippen LogP contribution in [0.5, 0.6) is 11.5 Å². The van der Waals surface area contributed by atoms with Gasteiger partial charge < -0.3 is 4.74 Å². The van der Waals surface area contributed by atoms with Crippen LogP contribution in [-0.4, -0.2) is 5.78 Å². The Morgan fingerprint density at radius 1 is 1.23 bits per heavy atom. The highest BCUT2D eigenvalue weighted by Crippen LogP contribution is 2.39. The summed E-state index contributed by atoms with van der Waals surface area (Å²) in [6.07, 6.45) is 0. The number of ketones is 1. The molecule has 0 unspecified atom stereocenters. The Hall–Kier alpha value is -1.36. The highest BCUT2D eigenvalue weighted by molar-refractivity contribution is 9.10. The van der Waals surface area contributed by atoms with Crippen molar-refractivity contribution in [2.24, 2.45) is 0 Å². The average Bonchev–Trinajstić information content (AvgIpc) is 2.76. The fourth-order valence-electron chi connectivity index (χ4n) is 2.37. The van der Waals surface area contributed by atoms with Gasteiger partial charge in [0.2, 0.25) is 0 Å². The fourth-order valence-corrected chi connectivity index (χ4v) is 4.20. The fraction of sp³-hybridized carbons (Fsp3) is 0.118. The van der Waals surface area contributed by atoms with Crippen LogP contribution in [0.3, 0.4) is 0 Å². The number of benzene rings is 2. The molecule has 0 atom stereocenters. The van der Waals surface area contributed by atoms with Crippen LogP contribution in [0.1, 0.15) is 22.2 Å². The molecule has 2 aromatic carbocycles. The van der Waals surface area contributed by atoms with E-state index in [9.17, 15) is 4.79 Å². The SMILES string of the molecule is CC(=O)c1c(C)sc2cc(Br)c(Oc3ccc(Cl)cc3)cc12. The molecule has 0 saturated carbocycles. The number of hydrogen-bond acceptors (Lipinski definition) is 3. The summed E-state index contributed by atoms with van der Waals surface area (Å²) in [5.74, 6) is 1.44. The third-order valence-electron chi connectivity index (χ3n) is 3.31. The van der Waals surface area contributed by atoms with Crippen molar-refractivity contribution in [2.45, 2.75) is 13.8 Å². The summed E-state index contributed by atoms with van der Waals surface area (Å²) >= 11 is 11.0. The maximum atomic E-state index is 11.9. The zero-order valence-corrected chi connectivity index (χ0v) is 15.1. The molecule has 0 aliphatic heterocycles. The third-order valence-corrected chi connectivity index (χ3v) is 5.25. The van der Waals surface area contributed by atoms with Gasteiger partial charge in [0.05, 0.1) is 4.47 Å². The Morgan fingerprint density at radius 3 is 2.55 bits per heavy atom. The number of carbonyl (C=O) groups is 1. The zero-order chi connectivity index (χ0) is 15.9. The lowest BCUT2D eigenvalue weighted by Gasteiger charge is -2.08. The van der Waals surface area contributed by atoms with Crippen LogP contribution in [0, 0.1) is 6.92 Å². The van der Waals surface area contributed by atoms with Gasteiger partial charge in [0.15, 0.2) is 5.78 Å². The van der Waals surface area contributed by atoms with E-state index in [2.05, 4.69) is 15.9 Å². The highest BCUT2D eigenvalue weighted by atomic mass is 79.9. The lowest BCUT2D eigenvalue weighted by molar-refractivity contribution is 0.101. The molecule has 2 nitrogen and oxygen atoms in total. The van der Waals surface area contributed by atoms with Gasteiger partial charge in [0.25, 0.3) is 0 Å². The van der Waals surface area contributed by atoms with E-state index < -0.39 is 0 Å². The molecular weight excluding hydrogens is 384 g/mol. The van der Waals surface area contributed by atoms with Crippen LogP contribution >= 0.6 is 38.9 Å². The van der Waals surface area contributed by atoms with E-state index in [0.717, 1.165) is 25.0 Å². The molecule has 0 radical (unpaired) electrons. The minimum absolute atomic E-state index is 0.0727. The van der Waals surface area contributed by atoms with Gasteiger partial charge >= 0.3 is 0 Å². The molecule has 0 fully saturated rings. The van der Waals surface area contributed by atoms with Gasteiger partial charge in [-0.05, 0) is 66.2 Å². The number of hydrogen-bond donors (Lipinski definition) is 0. The third kappa shape index (κ3) is 2.91. The standard InChI is InChI=1S/C17H12BrClO2S/c1-9(20)17-10(2)22-16-8-14(18)15(7-13(16)17)21-12-5-3-11(19)4-6-12/h3-8H,1-2H3. The van der Waals surface area contributed by atoms with Crippen molar-refractivity contribution in [3.05, 3.63) is 56.3 Å². The second kappa shape index (κ2) is 6.03. The summed E-state index contributed by atoms with van der Waals surface area (Å²) in [5.41, 5.74) is 0.772. The number of rotatable bonds is 3. The van der Waals surface area contributed by atoms with Crippen LogP contribution in [0.4, 0.5) is 0 Å². The molecule has 22 heavy (non-hydrogen) atoms. The molecule has 0 N–H and O–H groups in total. The molecule has 0 aliphatic rings. The van der Waals surface area contributed by atoms with Crippen LogP contribution in [0.25, 0.3) is 10.1 Å². The van der Waals surface area contributed by atoms with Crippen LogP contribution in [-0.2, 0) is 0 Å². The van der Waals surface area contributed by atoms with E-state index in [1.165, 1.54) is 0 Å². The van der Waals surface area contributed by atoms with Gasteiger partial charge in [-0.25, -0.2) is 0 Å². The first kappa shape index (κ1) is 15.5. The topological polar surface area (TPSA) is 26.3 Å². The highest BCUT2D eigenvalue weighted by Gasteiger charge is 2.16. The Labute approximate surface area is 145 Å².